The largest absolute Gasteiger partial charge is 0.573 e. The third kappa shape index (κ3) is 7.20. The molecule has 2 unspecified atom stereocenters. The molecule has 152 valence electrons. The van der Waals surface area contributed by atoms with Crippen LogP contribution in [0.3, 0.4) is 0 Å². The molecule has 0 aliphatic carbocycles. The Morgan fingerprint density at radius 3 is 2.43 bits per heavy atom. The summed E-state index contributed by atoms with van der Waals surface area (Å²) < 4.78 is 40.2. The number of alkyl halides is 3. The summed E-state index contributed by atoms with van der Waals surface area (Å²) in [5, 5.41) is 17.2. The standard InChI is InChI=1S/C18H19F3N2O4S/c1-11(24)23-14(16-3-2-8-28-16)9-17(26)22-10-15(25)12-4-6-13(7-5-12)27-18(19,20)21/h2-8,14-15,25H,9-10H2,1H3,(H,22,26)(H,23,24). The molecule has 0 fully saturated rings. The van der Waals surface area contributed by atoms with Gasteiger partial charge in [-0.25, -0.2) is 0 Å². The lowest BCUT2D eigenvalue weighted by atomic mass is 10.1. The number of rotatable bonds is 8. The van der Waals surface area contributed by atoms with Gasteiger partial charge in [-0.15, -0.1) is 24.5 Å². The van der Waals surface area contributed by atoms with Gasteiger partial charge in [0.05, 0.1) is 18.6 Å². The Morgan fingerprint density at radius 2 is 1.89 bits per heavy atom. The highest BCUT2D eigenvalue weighted by Gasteiger charge is 2.31. The van der Waals surface area contributed by atoms with Crippen LogP contribution in [0, 0.1) is 0 Å². The summed E-state index contributed by atoms with van der Waals surface area (Å²) in [7, 11) is 0. The summed E-state index contributed by atoms with van der Waals surface area (Å²) >= 11 is 1.41. The fourth-order valence-electron chi connectivity index (χ4n) is 2.44. The van der Waals surface area contributed by atoms with Crippen molar-refractivity contribution in [1.82, 2.24) is 10.6 Å². The zero-order chi connectivity index (χ0) is 20.7. The lowest BCUT2D eigenvalue weighted by Gasteiger charge is -2.17. The fraction of sp³-hybridized carbons (Fsp3) is 0.333. The summed E-state index contributed by atoms with van der Waals surface area (Å²) in [5.41, 5.74) is 0.325. The number of benzene rings is 1. The Hall–Kier alpha value is -2.59. The number of thiophene rings is 1. The van der Waals surface area contributed by atoms with Crippen molar-refractivity contribution < 1.29 is 32.6 Å². The Kier molecular flexibility index (Phi) is 7.41. The average molecular weight is 416 g/mol. The molecule has 0 aliphatic rings. The Bertz CT molecular complexity index is 779. The van der Waals surface area contributed by atoms with Crippen LogP contribution in [0.1, 0.15) is 35.9 Å². The molecule has 1 aromatic heterocycles. The minimum absolute atomic E-state index is 0.00876. The van der Waals surface area contributed by atoms with E-state index in [0.29, 0.717) is 5.56 Å². The lowest BCUT2D eigenvalue weighted by Crippen LogP contribution is -2.34. The maximum Gasteiger partial charge on any atom is 0.573 e. The van der Waals surface area contributed by atoms with Gasteiger partial charge in [-0.1, -0.05) is 18.2 Å². The molecule has 0 aliphatic heterocycles. The van der Waals surface area contributed by atoms with Crippen LogP contribution in [-0.2, 0) is 9.59 Å². The van der Waals surface area contributed by atoms with Gasteiger partial charge < -0.3 is 20.5 Å². The highest BCUT2D eigenvalue weighted by molar-refractivity contribution is 7.10. The quantitative estimate of drug-likeness (QED) is 0.617. The molecule has 1 aromatic carbocycles. The number of carbonyl (C=O) groups is 2. The van der Waals surface area contributed by atoms with E-state index in [4.69, 9.17) is 0 Å². The van der Waals surface area contributed by atoms with E-state index < -0.39 is 24.3 Å². The normalized spacial score (nSPS) is 13.5. The van der Waals surface area contributed by atoms with E-state index in [2.05, 4.69) is 15.4 Å². The molecule has 3 N–H and O–H groups in total. The van der Waals surface area contributed by atoms with Crippen molar-refractivity contribution in [2.75, 3.05) is 6.54 Å². The molecular formula is C18H19F3N2O4S. The molecule has 2 atom stereocenters. The first-order chi connectivity index (χ1) is 13.1. The van der Waals surface area contributed by atoms with Crippen LogP contribution in [0.4, 0.5) is 13.2 Å². The summed E-state index contributed by atoms with van der Waals surface area (Å²) in [6.45, 7) is 1.23. The van der Waals surface area contributed by atoms with Crippen molar-refractivity contribution in [2.24, 2.45) is 0 Å². The van der Waals surface area contributed by atoms with Crippen LogP contribution in [0.5, 0.6) is 5.75 Å². The van der Waals surface area contributed by atoms with Crippen LogP contribution in [0.2, 0.25) is 0 Å². The Morgan fingerprint density at radius 1 is 1.21 bits per heavy atom. The van der Waals surface area contributed by atoms with Crippen LogP contribution >= 0.6 is 11.3 Å². The molecule has 28 heavy (non-hydrogen) atoms. The number of hydrogen-bond donors (Lipinski definition) is 3. The molecule has 0 bridgehead atoms. The SMILES string of the molecule is CC(=O)NC(CC(=O)NCC(O)c1ccc(OC(F)(F)F)cc1)c1cccs1. The van der Waals surface area contributed by atoms with Gasteiger partial charge in [0.1, 0.15) is 5.75 Å². The second-order valence-corrected chi connectivity index (χ2v) is 6.89. The first-order valence-electron chi connectivity index (χ1n) is 8.25. The molecule has 0 radical (unpaired) electrons. The van der Waals surface area contributed by atoms with E-state index in [9.17, 15) is 27.9 Å². The van der Waals surface area contributed by atoms with Crippen LogP contribution in [0.15, 0.2) is 41.8 Å². The number of carbonyl (C=O) groups excluding carboxylic acids is 2. The molecule has 2 amide bonds. The minimum Gasteiger partial charge on any atom is -0.406 e. The van der Waals surface area contributed by atoms with Crippen molar-refractivity contribution in [1.29, 1.82) is 0 Å². The fourth-order valence-corrected chi connectivity index (χ4v) is 3.21. The molecule has 1 heterocycles. The molecule has 10 heteroatoms. The number of ether oxygens (including phenoxy) is 1. The number of nitrogens with one attached hydrogen (secondary N) is 2. The maximum absolute atomic E-state index is 12.2. The summed E-state index contributed by atoms with van der Waals surface area (Å²) in [6.07, 6.45) is -5.91. The zero-order valence-corrected chi connectivity index (χ0v) is 15.6. The van der Waals surface area contributed by atoms with E-state index in [1.54, 1.807) is 6.07 Å². The van der Waals surface area contributed by atoms with E-state index >= 15 is 0 Å². The monoisotopic (exact) mass is 416 g/mol. The molecule has 2 rings (SSSR count). The smallest absolute Gasteiger partial charge is 0.406 e. The maximum atomic E-state index is 12.2. The molecule has 0 saturated carbocycles. The van der Waals surface area contributed by atoms with Gasteiger partial charge in [-0.3, -0.25) is 9.59 Å². The van der Waals surface area contributed by atoms with Crippen molar-refractivity contribution in [3.05, 3.63) is 52.2 Å². The van der Waals surface area contributed by atoms with Gasteiger partial charge in [-0.2, -0.15) is 0 Å². The number of amides is 2. The van der Waals surface area contributed by atoms with Gasteiger partial charge in [0.25, 0.3) is 0 Å². The molecule has 0 saturated heterocycles. The molecule has 6 nitrogen and oxygen atoms in total. The van der Waals surface area contributed by atoms with E-state index in [1.807, 2.05) is 11.4 Å². The zero-order valence-electron chi connectivity index (χ0n) is 14.8. The van der Waals surface area contributed by atoms with Crippen molar-refractivity contribution >= 4 is 23.2 Å². The predicted octanol–water partition coefficient (Wildman–Crippen LogP) is 3.06. The van der Waals surface area contributed by atoms with Crippen LogP contribution in [-0.4, -0.2) is 29.8 Å². The minimum atomic E-state index is -4.79. The summed E-state index contributed by atoms with van der Waals surface area (Å²) in [6, 6.07) is 7.86. The first kappa shape index (κ1) is 21.7. The number of aliphatic hydroxyl groups excluding tert-OH is 1. The molecule has 0 spiro atoms. The number of hydrogen-bond acceptors (Lipinski definition) is 5. The Balaban J connectivity index is 1.88. The highest BCUT2D eigenvalue weighted by atomic mass is 32.1. The predicted molar refractivity (Wildman–Crippen MR) is 96.6 cm³/mol. The topological polar surface area (TPSA) is 87.7 Å². The van der Waals surface area contributed by atoms with E-state index in [-0.39, 0.29) is 24.8 Å². The highest BCUT2D eigenvalue weighted by Crippen LogP contribution is 2.25. The van der Waals surface area contributed by atoms with Gasteiger partial charge in [0.15, 0.2) is 0 Å². The first-order valence-corrected chi connectivity index (χ1v) is 9.13. The summed E-state index contributed by atoms with van der Waals surface area (Å²) in [5.74, 6) is -1.06. The van der Waals surface area contributed by atoms with E-state index in [0.717, 1.165) is 17.0 Å². The lowest BCUT2D eigenvalue weighted by molar-refractivity contribution is -0.274. The van der Waals surface area contributed by atoms with Gasteiger partial charge in [-0.05, 0) is 29.1 Å². The van der Waals surface area contributed by atoms with Gasteiger partial charge in [0, 0.05) is 18.3 Å². The van der Waals surface area contributed by atoms with Crippen LogP contribution in [0.25, 0.3) is 0 Å². The van der Waals surface area contributed by atoms with Crippen molar-refractivity contribution in [3.8, 4) is 5.75 Å². The van der Waals surface area contributed by atoms with Gasteiger partial charge in [0.2, 0.25) is 11.8 Å². The molecular weight excluding hydrogens is 397 g/mol. The number of halogens is 3. The molecule has 2 aromatic rings. The summed E-state index contributed by atoms with van der Waals surface area (Å²) in [4.78, 5) is 24.3. The Labute approximate surface area is 163 Å². The average Bonchev–Trinajstić information content (AvgIpc) is 3.12. The third-order valence-electron chi connectivity index (χ3n) is 3.64. The number of aliphatic hydroxyl groups is 1. The van der Waals surface area contributed by atoms with Gasteiger partial charge >= 0.3 is 6.36 Å². The van der Waals surface area contributed by atoms with Crippen molar-refractivity contribution in [2.45, 2.75) is 31.9 Å². The van der Waals surface area contributed by atoms with Crippen molar-refractivity contribution in [3.63, 3.8) is 0 Å². The second-order valence-electron chi connectivity index (χ2n) is 5.91. The van der Waals surface area contributed by atoms with E-state index in [1.165, 1.54) is 30.4 Å². The second kappa shape index (κ2) is 9.56. The third-order valence-corrected chi connectivity index (χ3v) is 4.63. The van der Waals surface area contributed by atoms with Crippen LogP contribution < -0.4 is 15.4 Å².